The van der Waals surface area contributed by atoms with E-state index in [1.54, 1.807) is 7.05 Å². The molecule has 1 N–H and O–H groups in total. The Labute approximate surface area is 151 Å². The lowest BCUT2D eigenvalue weighted by Crippen LogP contribution is -2.48. The number of likely N-dealkylation sites (tertiary alicyclic amines) is 1. The molecular formula is C18H23N3O5. The molecule has 8 nitrogen and oxygen atoms in total. The number of nitro benzene ring substituents is 1. The van der Waals surface area contributed by atoms with Crippen LogP contribution in [0.1, 0.15) is 32.1 Å². The summed E-state index contributed by atoms with van der Waals surface area (Å²) in [6.07, 6.45) is 4.75. The van der Waals surface area contributed by atoms with Gasteiger partial charge in [-0.3, -0.25) is 24.6 Å². The Bertz CT molecular complexity index is 705. The van der Waals surface area contributed by atoms with Crippen molar-refractivity contribution in [3.8, 4) is 0 Å². The van der Waals surface area contributed by atoms with Gasteiger partial charge in [0, 0.05) is 30.9 Å². The molecule has 140 valence electrons. The number of fused-ring (bicyclic) bond motifs is 1. The van der Waals surface area contributed by atoms with E-state index in [1.807, 2.05) is 4.90 Å². The highest BCUT2D eigenvalue weighted by atomic mass is 16.6. The van der Waals surface area contributed by atoms with Crippen molar-refractivity contribution in [2.75, 3.05) is 18.5 Å². The van der Waals surface area contributed by atoms with Gasteiger partial charge in [-0.2, -0.15) is 0 Å². The quantitative estimate of drug-likeness (QED) is 0.637. The van der Waals surface area contributed by atoms with Crippen LogP contribution in [0, 0.1) is 16.0 Å². The molecule has 1 aromatic rings. The normalized spacial score (nSPS) is 25.5. The molecule has 0 radical (unpaired) electrons. The number of hydrogen-bond acceptors (Lipinski definition) is 5. The molecule has 0 aromatic heterocycles. The number of hydrogen-bond donors (Lipinski definition) is 1. The van der Waals surface area contributed by atoms with Crippen LogP contribution in [0.3, 0.4) is 0 Å². The van der Waals surface area contributed by atoms with Gasteiger partial charge in [0.25, 0.3) is 5.69 Å². The summed E-state index contributed by atoms with van der Waals surface area (Å²) in [5.74, 6) is -0.733. The minimum atomic E-state index is -0.870. The van der Waals surface area contributed by atoms with Crippen LogP contribution in [0.15, 0.2) is 24.3 Å². The third-order valence-electron chi connectivity index (χ3n) is 5.65. The average molecular weight is 361 g/mol. The fraction of sp³-hybridized carbons (Fsp3) is 0.556. The van der Waals surface area contributed by atoms with Crippen LogP contribution < -0.4 is 4.90 Å². The molecule has 0 spiro atoms. The number of anilines is 1. The predicted octanol–water partition coefficient (Wildman–Crippen LogP) is 2.28. The molecule has 8 heteroatoms. The van der Waals surface area contributed by atoms with Gasteiger partial charge in [0.05, 0.1) is 11.5 Å². The Morgan fingerprint density at radius 3 is 2.54 bits per heavy atom. The summed E-state index contributed by atoms with van der Waals surface area (Å²) in [6.45, 7) is 0.0472. The van der Waals surface area contributed by atoms with Gasteiger partial charge < -0.3 is 10.0 Å². The second-order valence-corrected chi connectivity index (χ2v) is 7.10. The first kappa shape index (κ1) is 18.3. The van der Waals surface area contributed by atoms with Gasteiger partial charge in [-0.25, -0.2) is 0 Å². The van der Waals surface area contributed by atoms with E-state index in [0.717, 1.165) is 25.7 Å². The number of likely N-dealkylation sites (N-methyl/N-ethyl adjacent to an activating group) is 1. The van der Waals surface area contributed by atoms with Crippen molar-refractivity contribution in [2.24, 2.45) is 5.92 Å². The standard InChI is InChI=1S/C18H23N3O5/c1-19(13-6-8-14(9-7-13)21(25)26)17(22)11-20-15-5-3-2-4-12(15)10-16(20)18(23)24/h6-9,12,15-16H,2-5,10-11H2,1H3,(H,23,24). The summed E-state index contributed by atoms with van der Waals surface area (Å²) >= 11 is 0. The monoisotopic (exact) mass is 361 g/mol. The molecule has 3 unspecified atom stereocenters. The zero-order chi connectivity index (χ0) is 18.8. The Balaban J connectivity index is 1.72. The average Bonchev–Trinajstić information content (AvgIpc) is 3.00. The lowest BCUT2D eigenvalue weighted by molar-refractivity contribution is -0.384. The number of carboxylic acids is 1. The van der Waals surface area contributed by atoms with Crippen molar-refractivity contribution in [1.29, 1.82) is 0 Å². The number of aliphatic carboxylic acids is 1. The van der Waals surface area contributed by atoms with Crippen LogP contribution in [0.5, 0.6) is 0 Å². The number of rotatable bonds is 5. The molecule has 1 amide bonds. The van der Waals surface area contributed by atoms with Gasteiger partial charge in [-0.05, 0) is 37.3 Å². The van der Waals surface area contributed by atoms with Crippen molar-refractivity contribution in [3.63, 3.8) is 0 Å². The third-order valence-corrected chi connectivity index (χ3v) is 5.65. The predicted molar refractivity (Wildman–Crippen MR) is 95.0 cm³/mol. The number of nitro groups is 1. The number of non-ortho nitro benzene ring substituents is 1. The lowest BCUT2D eigenvalue weighted by Gasteiger charge is -2.33. The number of nitrogens with zero attached hydrogens (tertiary/aromatic N) is 3. The molecular weight excluding hydrogens is 338 g/mol. The highest BCUT2D eigenvalue weighted by Crippen LogP contribution is 2.39. The topological polar surface area (TPSA) is 104 Å². The SMILES string of the molecule is CN(C(=O)CN1C(C(=O)O)CC2CCCCC21)c1ccc([N+](=O)[O-])cc1. The second kappa shape index (κ2) is 7.41. The maximum absolute atomic E-state index is 12.7. The van der Waals surface area contributed by atoms with Crippen molar-refractivity contribution in [2.45, 2.75) is 44.2 Å². The Kier molecular flexibility index (Phi) is 5.22. The Morgan fingerprint density at radius 1 is 1.27 bits per heavy atom. The summed E-state index contributed by atoms with van der Waals surface area (Å²) in [5.41, 5.74) is 0.511. The molecule has 1 saturated heterocycles. The maximum atomic E-state index is 12.7. The smallest absolute Gasteiger partial charge is 0.320 e. The van der Waals surface area contributed by atoms with Crippen LogP contribution in [-0.4, -0.2) is 52.5 Å². The molecule has 2 fully saturated rings. The lowest BCUT2D eigenvalue weighted by atomic mass is 9.85. The van der Waals surface area contributed by atoms with Gasteiger partial charge >= 0.3 is 5.97 Å². The number of carbonyl (C=O) groups excluding carboxylic acids is 1. The van der Waals surface area contributed by atoms with Gasteiger partial charge in [-0.1, -0.05) is 12.8 Å². The zero-order valence-electron chi connectivity index (χ0n) is 14.7. The van der Waals surface area contributed by atoms with Crippen LogP contribution in [-0.2, 0) is 9.59 Å². The number of carboxylic acid groups (broad SMARTS) is 1. The second-order valence-electron chi connectivity index (χ2n) is 7.10. The fourth-order valence-electron chi connectivity index (χ4n) is 4.23. The number of amides is 1. The summed E-state index contributed by atoms with van der Waals surface area (Å²) in [4.78, 5) is 37.9. The molecule has 2 aliphatic rings. The highest BCUT2D eigenvalue weighted by molar-refractivity contribution is 5.94. The van der Waals surface area contributed by atoms with Crippen molar-refractivity contribution < 1.29 is 19.6 Å². The summed E-state index contributed by atoms with van der Waals surface area (Å²) in [5, 5.41) is 20.3. The van der Waals surface area contributed by atoms with E-state index < -0.39 is 16.9 Å². The first-order chi connectivity index (χ1) is 12.4. The molecule has 1 heterocycles. The van der Waals surface area contributed by atoms with Gasteiger partial charge in [0.1, 0.15) is 6.04 Å². The minimum absolute atomic E-state index is 0.0369. The third kappa shape index (κ3) is 3.55. The molecule has 1 saturated carbocycles. The van der Waals surface area contributed by atoms with Crippen molar-refractivity contribution in [3.05, 3.63) is 34.4 Å². The Hall–Kier alpha value is -2.48. The molecule has 3 atom stereocenters. The van der Waals surface area contributed by atoms with E-state index in [1.165, 1.54) is 29.2 Å². The van der Waals surface area contributed by atoms with Crippen LogP contribution in [0.2, 0.25) is 0 Å². The van der Waals surface area contributed by atoms with E-state index in [9.17, 15) is 24.8 Å². The van der Waals surface area contributed by atoms with E-state index in [0.29, 0.717) is 18.0 Å². The molecule has 1 aromatic carbocycles. The van der Waals surface area contributed by atoms with E-state index in [4.69, 9.17) is 0 Å². The number of benzene rings is 1. The maximum Gasteiger partial charge on any atom is 0.320 e. The summed E-state index contributed by atoms with van der Waals surface area (Å²) in [6, 6.07) is 5.30. The van der Waals surface area contributed by atoms with Crippen molar-refractivity contribution in [1.82, 2.24) is 4.90 Å². The highest BCUT2D eigenvalue weighted by Gasteiger charge is 2.45. The van der Waals surface area contributed by atoms with E-state index in [-0.39, 0.29) is 24.2 Å². The Morgan fingerprint density at radius 2 is 1.92 bits per heavy atom. The summed E-state index contributed by atoms with van der Waals surface area (Å²) < 4.78 is 0. The summed E-state index contributed by atoms with van der Waals surface area (Å²) in [7, 11) is 1.60. The van der Waals surface area contributed by atoms with Crippen LogP contribution >= 0.6 is 0 Å². The van der Waals surface area contributed by atoms with Crippen molar-refractivity contribution >= 4 is 23.3 Å². The molecule has 26 heavy (non-hydrogen) atoms. The first-order valence-electron chi connectivity index (χ1n) is 8.88. The molecule has 3 rings (SSSR count). The van der Waals surface area contributed by atoms with E-state index in [2.05, 4.69) is 0 Å². The van der Waals surface area contributed by atoms with Gasteiger partial charge in [0.2, 0.25) is 5.91 Å². The van der Waals surface area contributed by atoms with Gasteiger partial charge in [-0.15, -0.1) is 0 Å². The fourth-order valence-corrected chi connectivity index (χ4v) is 4.23. The van der Waals surface area contributed by atoms with E-state index >= 15 is 0 Å². The molecule has 0 bridgehead atoms. The largest absolute Gasteiger partial charge is 0.480 e. The molecule has 1 aliphatic heterocycles. The van der Waals surface area contributed by atoms with Crippen LogP contribution in [0.25, 0.3) is 0 Å². The number of carbonyl (C=O) groups is 2. The van der Waals surface area contributed by atoms with Gasteiger partial charge in [0.15, 0.2) is 0 Å². The zero-order valence-corrected chi connectivity index (χ0v) is 14.7. The molecule has 1 aliphatic carbocycles. The van der Waals surface area contributed by atoms with Crippen LogP contribution in [0.4, 0.5) is 11.4 Å². The first-order valence-corrected chi connectivity index (χ1v) is 8.88. The minimum Gasteiger partial charge on any atom is -0.480 e.